The fourth-order valence-electron chi connectivity index (χ4n) is 4.01. The molecule has 4 rings (SSSR count). The molecule has 0 spiro atoms. The molecule has 0 saturated carbocycles. The van der Waals surface area contributed by atoms with Gasteiger partial charge in [-0.2, -0.15) is 0 Å². The van der Waals surface area contributed by atoms with Gasteiger partial charge in [0.1, 0.15) is 5.82 Å². The van der Waals surface area contributed by atoms with Crippen molar-refractivity contribution < 1.29 is 0 Å². The van der Waals surface area contributed by atoms with E-state index >= 15 is 0 Å². The lowest BCUT2D eigenvalue weighted by atomic mass is 10.1. The second-order valence-corrected chi connectivity index (χ2v) is 7.91. The average molecular weight is 351 g/mol. The lowest BCUT2D eigenvalue weighted by molar-refractivity contribution is 0.367. The van der Waals surface area contributed by atoms with Crippen LogP contribution < -0.4 is 4.90 Å². The number of nitrogens with one attached hydrogen (secondary N) is 1. The van der Waals surface area contributed by atoms with Gasteiger partial charge in [0.15, 0.2) is 0 Å². The number of fused-ring (bicyclic) bond motifs is 1. The van der Waals surface area contributed by atoms with Crippen LogP contribution in [0.5, 0.6) is 0 Å². The molecule has 1 aromatic heterocycles. The predicted octanol–water partition coefficient (Wildman–Crippen LogP) is 4.55. The molecular formula is C22H30N4. The summed E-state index contributed by atoms with van der Waals surface area (Å²) in [6.07, 6.45) is 5.01. The van der Waals surface area contributed by atoms with Gasteiger partial charge in [-0.3, -0.25) is 0 Å². The number of aromatic amines is 1. The number of rotatable bonds is 4. The van der Waals surface area contributed by atoms with Crippen LogP contribution in [0.2, 0.25) is 0 Å². The van der Waals surface area contributed by atoms with Crippen LogP contribution in [0.4, 0.5) is 5.69 Å². The highest BCUT2D eigenvalue weighted by Crippen LogP contribution is 2.28. The third kappa shape index (κ3) is 3.37. The van der Waals surface area contributed by atoms with Crippen LogP contribution in [0.25, 0.3) is 5.70 Å². The summed E-state index contributed by atoms with van der Waals surface area (Å²) in [7, 11) is 0. The summed E-state index contributed by atoms with van der Waals surface area (Å²) < 4.78 is 0. The Morgan fingerprint density at radius 2 is 1.81 bits per heavy atom. The van der Waals surface area contributed by atoms with E-state index in [4.69, 9.17) is 4.98 Å². The predicted molar refractivity (Wildman–Crippen MR) is 108 cm³/mol. The maximum absolute atomic E-state index is 4.81. The molecule has 0 bridgehead atoms. The molecule has 1 fully saturated rings. The van der Waals surface area contributed by atoms with Gasteiger partial charge in [0, 0.05) is 49.1 Å². The fraction of sp³-hybridized carbons (Fsp3) is 0.500. The van der Waals surface area contributed by atoms with Crippen LogP contribution >= 0.6 is 0 Å². The van der Waals surface area contributed by atoms with Crippen molar-refractivity contribution in [2.45, 2.75) is 52.0 Å². The van der Waals surface area contributed by atoms with Crippen LogP contribution in [0, 0.1) is 0 Å². The first-order valence-electron chi connectivity index (χ1n) is 9.98. The number of piperidine rings is 1. The minimum atomic E-state index is 0.444. The van der Waals surface area contributed by atoms with E-state index in [1.54, 1.807) is 0 Å². The lowest BCUT2D eigenvalue weighted by Gasteiger charge is -2.31. The van der Waals surface area contributed by atoms with Crippen LogP contribution in [0.1, 0.15) is 61.8 Å². The van der Waals surface area contributed by atoms with E-state index in [2.05, 4.69) is 59.5 Å². The molecule has 138 valence electrons. The molecule has 0 unspecified atom stereocenters. The Hall–Kier alpha value is -2.23. The average Bonchev–Trinajstić information content (AvgIpc) is 3.12. The third-order valence-corrected chi connectivity index (χ3v) is 5.71. The van der Waals surface area contributed by atoms with Crippen molar-refractivity contribution in [2.75, 3.05) is 24.5 Å². The smallest absolute Gasteiger partial charge is 0.109 e. The number of benzene rings is 1. The highest BCUT2D eigenvalue weighted by atomic mass is 15.2. The van der Waals surface area contributed by atoms with Gasteiger partial charge in [-0.15, -0.1) is 0 Å². The van der Waals surface area contributed by atoms with Gasteiger partial charge in [0.2, 0.25) is 0 Å². The summed E-state index contributed by atoms with van der Waals surface area (Å²) in [4.78, 5) is 13.2. The topological polar surface area (TPSA) is 35.2 Å². The van der Waals surface area contributed by atoms with Gasteiger partial charge >= 0.3 is 0 Å². The van der Waals surface area contributed by atoms with Crippen LogP contribution in [-0.2, 0) is 13.0 Å². The Balaban J connectivity index is 1.45. The van der Waals surface area contributed by atoms with E-state index in [9.17, 15) is 0 Å². The van der Waals surface area contributed by atoms with E-state index in [0.717, 1.165) is 31.0 Å². The second-order valence-electron chi connectivity index (χ2n) is 7.91. The molecule has 4 heteroatoms. The van der Waals surface area contributed by atoms with Crippen LogP contribution in [0.3, 0.4) is 0 Å². The molecule has 0 amide bonds. The summed E-state index contributed by atoms with van der Waals surface area (Å²) in [5, 5.41) is 0. The number of H-pyrrole nitrogens is 1. The summed E-state index contributed by atoms with van der Waals surface area (Å²) >= 11 is 0. The van der Waals surface area contributed by atoms with Crippen molar-refractivity contribution in [1.82, 2.24) is 14.9 Å². The maximum Gasteiger partial charge on any atom is 0.109 e. The number of nitrogens with zero attached hydrogens (tertiary/aromatic N) is 3. The molecule has 1 N–H and O–H groups in total. The van der Waals surface area contributed by atoms with Gasteiger partial charge in [0.25, 0.3) is 0 Å². The Bertz CT molecular complexity index is 766. The summed E-state index contributed by atoms with van der Waals surface area (Å²) in [5.41, 5.74) is 6.16. The Kier molecular flexibility index (Phi) is 4.75. The van der Waals surface area contributed by atoms with E-state index in [-0.39, 0.29) is 0 Å². The van der Waals surface area contributed by atoms with Crippen LogP contribution in [0.15, 0.2) is 30.8 Å². The minimum Gasteiger partial charge on any atom is -0.372 e. The number of anilines is 1. The molecule has 2 aliphatic rings. The largest absolute Gasteiger partial charge is 0.372 e. The normalized spacial score (nSPS) is 17.5. The number of hydrogen-bond acceptors (Lipinski definition) is 3. The summed E-state index contributed by atoms with van der Waals surface area (Å²) in [5.74, 6) is 1.55. The first-order chi connectivity index (χ1) is 12.6. The molecule has 1 saturated heterocycles. The van der Waals surface area contributed by atoms with Crippen molar-refractivity contribution in [3.05, 3.63) is 53.6 Å². The molecule has 2 aliphatic heterocycles. The second kappa shape index (κ2) is 7.18. The first kappa shape index (κ1) is 17.2. The minimum absolute atomic E-state index is 0.444. The number of hydrogen-bond donors (Lipinski definition) is 1. The van der Waals surface area contributed by atoms with E-state index < -0.39 is 0 Å². The summed E-state index contributed by atoms with van der Waals surface area (Å²) in [6.45, 7) is 13.0. The zero-order chi connectivity index (χ0) is 18.1. The first-order valence-corrected chi connectivity index (χ1v) is 9.98. The molecule has 0 radical (unpaired) electrons. The third-order valence-electron chi connectivity index (χ3n) is 5.71. The van der Waals surface area contributed by atoms with Crippen molar-refractivity contribution in [3.8, 4) is 0 Å². The van der Waals surface area contributed by atoms with E-state index in [0.29, 0.717) is 5.92 Å². The monoisotopic (exact) mass is 350 g/mol. The highest BCUT2D eigenvalue weighted by Gasteiger charge is 2.22. The SMILES string of the molecule is C=C(c1ccc(N2CCCCC2)cc1)N1CCc2[nH]c(C(C)C)nc2C1. The van der Waals surface area contributed by atoms with Crippen molar-refractivity contribution in [1.29, 1.82) is 0 Å². The zero-order valence-corrected chi connectivity index (χ0v) is 16.1. The Labute approximate surface area is 156 Å². The quantitative estimate of drug-likeness (QED) is 0.878. The molecule has 4 nitrogen and oxygen atoms in total. The Morgan fingerprint density at radius 1 is 1.08 bits per heavy atom. The van der Waals surface area contributed by atoms with Crippen molar-refractivity contribution in [2.24, 2.45) is 0 Å². The lowest BCUT2D eigenvalue weighted by Crippen LogP contribution is -2.30. The highest BCUT2D eigenvalue weighted by molar-refractivity contribution is 5.65. The van der Waals surface area contributed by atoms with Gasteiger partial charge in [-0.05, 0) is 37.0 Å². The zero-order valence-electron chi connectivity index (χ0n) is 16.1. The standard InChI is InChI=1S/C22H30N4/c1-16(2)22-23-20-11-14-26(15-21(20)24-22)17(3)18-7-9-19(10-8-18)25-12-5-4-6-13-25/h7-10,16H,3-6,11-15H2,1-2H3,(H,23,24). The number of aromatic nitrogens is 2. The van der Waals surface area contributed by atoms with Crippen molar-refractivity contribution in [3.63, 3.8) is 0 Å². The van der Waals surface area contributed by atoms with Crippen molar-refractivity contribution >= 4 is 11.4 Å². The molecular weight excluding hydrogens is 320 g/mol. The fourth-order valence-corrected chi connectivity index (χ4v) is 4.01. The molecule has 3 heterocycles. The van der Waals surface area contributed by atoms with Gasteiger partial charge in [0.05, 0.1) is 12.2 Å². The number of imidazole rings is 1. The summed E-state index contributed by atoms with van der Waals surface area (Å²) in [6, 6.07) is 8.97. The molecule has 0 aliphatic carbocycles. The molecule has 0 atom stereocenters. The Morgan fingerprint density at radius 3 is 2.50 bits per heavy atom. The van der Waals surface area contributed by atoms with Crippen LogP contribution in [-0.4, -0.2) is 34.5 Å². The molecule has 2 aromatic rings. The molecule has 26 heavy (non-hydrogen) atoms. The van der Waals surface area contributed by atoms with E-state index in [1.165, 1.54) is 55.0 Å². The van der Waals surface area contributed by atoms with E-state index in [1.807, 2.05) is 0 Å². The van der Waals surface area contributed by atoms with Gasteiger partial charge in [-0.1, -0.05) is 32.6 Å². The van der Waals surface area contributed by atoms with Gasteiger partial charge in [-0.25, -0.2) is 4.98 Å². The maximum atomic E-state index is 4.81. The molecule has 1 aromatic carbocycles. The van der Waals surface area contributed by atoms with Gasteiger partial charge < -0.3 is 14.8 Å².